The van der Waals surface area contributed by atoms with Gasteiger partial charge >= 0.3 is 6.09 Å². The van der Waals surface area contributed by atoms with Crippen LogP contribution in [0.15, 0.2) is 33.6 Å². The van der Waals surface area contributed by atoms with Gasteiger partial charge in [0.1, 0.15) is 5.78 Å². The normalized spacial score (nSPS) is 20.2. The van der Waals surface area contributed by atoms with Gasteiger partial charge in [0.05, 0.1) is 5.25 Å². The quantitative estimate of drug-likeness (QED) is 0.895. The highest BCUT2D eigenvalue weighted by Crippen LogP contribution is 2.30. The van der Waals surface area contributed by atoms with Crippen LogP contribution in [0.25, 0.3) is 0 Å². The topological polar surface area (TPSA) is 57.6 Å². The first kappa shape index (κ1) is 14.4. The molecule has 1 fully saturated rings. The Balaban J connectivity index is 2.03. The van der Waals surface area contributed by atoms with Gasteiger partial charge in [-0.15, -0.1) is 11.8 Å². The molecule has 1 heterocycles. The Bertz CT molecular complexity index is 495. The fourth-order valence-corrected chi connectivity index (χ4v) is 3.68. The van der Waals surface area contributed by atoms with Gasteiger partial charge < -0.3 is 10.0 Å². The van der Waals surface area contributed by atoms with Crippen LogP contribution in [0.4, 0.5) is 4.79 Å². The Hall–Kier alpha value is -1.01. The zero-order valence-corrected chi connectivity index (χ0v) is 12.6. The molecule has 1 atom stereocenters. The average Bonchev–Trinajstić information content (AvgIpc) is 2.53. The Kier molecular flexibility index (Phi) is 4.87. The fourth-order valence-electron chi connectivity index (χ4n) is 1.97. The molecule has 6 heteroatoms. The molecule has 19 heavy (non-hydrogen) atoms. The van der Waals surface area contributed by atoms with E-state index in [1.165, 1.54) is 16.7 Å². The zero-order chi connectivity index (χ0) is 13.8. The highest BCUT2D eigenvalue weighted by molar-refractivity contribution is 9.10. The van der Waals surface area contributed by atoms with Crippen LogP contribution in [0.1, 0.15) is 12.8 Å². The maximum atomic E-state index is 12.0. The molecule has 1 aromatic carbocycles. The summed E-state index contributed by atoms with van der Waals surface area (Å²) >= 11 is 4.92. The molecule has 0 bridgehead atoms. The number of rotatable bonds is 2. The van der Waals surface area contributed by atoms with Gasteiger partial charge in [0, 0.05) is 28.9 Å². The molecule has 1 unspecified atom stereocenters. The van der Waals surface area contributed by atoms with Gasteiger partial charge in [-0.05, 0) is 24.6 Å². The van der Waals surface area contributed by atoms with E-state index in [0.29, 0.717) is 25.9 Å². The number of carboxylic acid groups (broad SMARTS) is 1. The maximum Gasteiger partial charge on any atom is 0.407 e. The van der Waals surface area contributed by atoms with Gasteiger partial charge in [0.2, 0.25) is 0 Å². The number of carbonyl (C=O) groups is 2. The van der Waals surface area contributed by atoms with Crippen molar-refractivity contribution >= 4 is 39.6 Å². The Morgan fingerprint density at radius 1 is 1.42 bits per heavy atom. The van der Waals surface area contributed by atoms with Gasteiger partial charge in [-0.1, -0.05) is 22.0 Å². The third-order valence-corrected chi connectivity index (χ3v) is 4.80. The number of ketones is 1. The first-order valence-corrected chi connectivity index (χ1v) is 7.66. The van der Waals surface area contributed by atoms with Gasteiger partial charge in [-0.25, -0.2) is 4.79 Å². The van der Waals surface area contributed by atoms with Gasteiger partial charge in [-0.2, -0.15) is 0 Å². The molecule has 0 radical (unpaired) electrons. The van der Waals surface area contributed by atoms with Crippen LogP contribution in [0.3, 0.4) is 0 Å². The summed E-state index contributed by atoms with van der Waals surface area (Å²) in [5, 5.41) is 8.81. The number of carbonyl (C=O) groups excluding carboxylic acids is 1. The summed E-state index contributed by atoms with van der Waals surface area (Å²) in [7, 11) is 0. The Morgan fingerprint density at radius 2 is 2.21 bits per heavy atom. The minimum Gasteiger partial charge on any atom is -0.465 e. The molecule has 1 N–H and O–H groups in total. The lowest BCUT2D eigenvalue weighted by Gasteiger charge is -2.15. The monoisotopic (exact) mass is 343 g/mol. The lowest BCUT2D eigenvalue weighted by Crippen LogP contribution is -2.30. The summed E-state index contributed by atoms with van der Waals surface area (Å²) in [4.78, 5) is 25.3. The number of likely N-dealkylation sites (tertiary alicyclic amines) is 1. The van der Waals surface area contributed by atoms with Gasteiger partial charge in [-0.3, -0.25) is 4.79 Å². The highest BCUT2D eigenvalue weighted by Gasteiger charge is 2.26. The number of thioether (sulfide) groups is 1. The number of amides is 1. The first-order valence-electron chi connectivity index (χ1n) is 5.99. The largest absolute Gasteiger partial charge is 0.465 e. The third kappa shape index (κ3) is 3.98. The number of nitrogens with zero attached hydrogens (tertiary/aromatic N) is 1. The number of hydrogen-bond acceptors (Lipinski definition) is 3. The molecule has 1 aliphatic rings. The molecule has 0 saturated carbocycles. The molecular weight excluding hydrogens is 330 g/mol. The second-order valence-electron chi connectivity index (χ2n) is 4.34. The van der Waals surface area contributed by atoms with E-state index >= 15 is 0 Å². The summed E-state index contributed by atoms with van der Waals surface area (Å²) in [5.74, 6) is 0.133. The van der Waals surface area contributed by atoms with Crippen molar-refractivity contribution in [1.82, 2.24) is 4.90 Å². The van der Waals surface area contributed by atoms with Crippen molar-refractivity contribution in [3.05, 3.63) is 28.7 Å². The summed E-state index contributed by atoms with van der Waals surface area (Å²) < 4.78 is 0.978. The van der Waals surface area contributed by atoms with Crippen molar-refractivity contribution in [2.24, 2.45) is 0 Å². The van der Waals surface area contributed by atoms with Crippen LogP contribution in [0, 0.1) is 0 Å². The zero-order valence-electron chi connectivity index (χ0n) is 10.2. The predicted molar refractivity (Wildman–Crippen MR) is 77.6 cm³/mol. The summed E-state index contributed by atoms with van der Waals surface area (Å²) in [6.07, 6.45) is -0.0683. The molecule has 0 aromatic heterocycles. The lowest BCUT2D eigenvalue weighted by atomic mass is 10.2. The molecule has 102 valence electrons. The summed E-state index contributed by atoms with van der Waals surface area (Å²) in [6.45, 7) is 0.733. The van der Waals surface area contributed by atoms with Gasteiger partial charge in [0.15, 0.2) is 0 Å². The molecule has 1 amide bonds. The van der Waals surface area contributed by atoms with Crippen molar-refractivity contribution in [1.29, 1.82) is 0 Å². The number of halogens is 1. The van der Waals surface area contributed by atoms with Crippen molar-refractivity contribution in [2.75, 3.05) is 13.1 Å². The maximum absolute atomic E-state index is 12.0. The van der Waals surface area contributed by atoms with E-state index in [1.807, 2.05) is 24.3 Å². The van der Waals surface area contributed by atoms with Crippen LogP contribution in [-0.4, -0.2) is 40.2 Å². The lowest BCUT2D eigenvalue weighted by molar-refractivity contribution is -0.118. The van der Waals surface area contributed by atoms with Crippen molar-refractivity contribution in [2.45, 2.75) is 23.0 Å². The Labute approximate surface area is 124 Å². The van der Waals surface area contributed by atoms with Crippen molar-refractivity contribution < 1.29 is 14.7 Å². The van der Waals surface area contributed by atoms with E-state index < -0.39 is 6.09 Å². The van der Waals surface area contributed by atoms with Crippen LogP contribution < -0.4 is 0 Å². The average molecular weight is 344 g/mol. The van der Waals surface area contributed by atoms with E-state index in [2.05, 4.69) is 15.9 Å². The minimum atomic E-state index is -0.944. The number of Topliss-reactive ketones (excluding diaryl/α,β-unsaturated/α-hetero) is 1. The van der Waals surface area contributed by atoms with Crippen molar-refractivity contribution in [3.8, 4) is 0 Å². The van der Waals surface area contributed by atoms with Crippen LogP contribution in [0.2, 0.25) is 0 Å². The summed E-state index contributed by atoms with van der Waals surface area (Å²) in [5.41, 5.74) is 0. The van der Waals surface area contributed by atoms with E-state index in [4.69, 9.17) is 5.11 Å². The number of hydrogen-bond donors (Lipinski definition) is 1. The number of benzene rings is 1. The summed E-state index contributed by atoms with van der Waals surface area (Å²) in [6, 6.07) is 7.79. The van der Waals surface area contributed by atoms with Crippen LogP contribution >= 0.6 is 27.7 Å². The molecule has 1 saturated heterocycles. The van der Waals surface area contributed by atoms with Gasteiger partial charge in [0.25, 0.3) is 0 Å². The molecule has 0 spiro atoms. The second-order valence-corrected chi connectivity index (χ2v) is 6.53. The molecular formula is C13H14BrNO3S. The molecule has 0 aliphatic carbocycles. The second kappa shape index (κ2) is 6.43. The smallest absolute Gasteiger partial charge is 0.407 e. The van der Waals surface area contributed by atoms with E-state index in [1.54, 1.807) is 0 Å². The third-order valence-electron chi connectivity index (χ3n) is 2.99. The first-order chi connectivity index (χ1) is 9.06. The molecule has 4 nitrogen and oxygen atoms in total. The minimum absolute atomic E-state index is 0.133. The van der Waals surface area contributed by atoms with E-state index in [0.717, 1.165) is 9.37 Å². The van der Waals surface area contributed by atoms with Crippen LogP contribution in [-0.2, 0) is 4.79 Å². The predicted octanol–water partition coefficient (Wildman–Crippen LogP) is 3.25. The van der Waals surface area contributed by atoms with E-state index in [-0.39, 0.29) is 11.0 Å². The molecule has 2 rings (SSSR count). The standard InChI is InChI=1S/C13H14BrNO3S/c14-9-2-1-3-10(8-9)19-12-5-7-15(13(17)18)6-4-11(12)16/h1-3,8,12H,4-7H2,(H,17,18). The fraction of sp³-hybridized carbons (Fsp3) is 0.385. The Morgan fingerprint density at radius 3 is 2.89 bits per heavy atom. The molecule has 1 aliphatic heterocycles. The SMILES string of the molecule is O=C1CCN(C(=O)O)CCC1Sc1cccc(Br)c1. The highest BCUT2D eigenvalue weighted by atomic mass is 79.9. The molecule has 1 aromatic rings. The van der Waals surface area contributed by atoms with Crippen molar-refractivity contribution in [3.63, 3.8) is 0 Å². The van der Waals surface area contributed by atoms with Crippen LogP contribution in [0.5, 0.6) is 0 Å². The van der Waals surface area contributed by atoms with E-state index in [9.17, 15) is 9.59 Å².